The smallest absolute Gasteiger partial charge is 0.307 e. The zero-order chi connectivity index (χ0) is 16.5. The lowest BCUT2D eigenvalue weighted by molar-refractivity contribution is -0.141. The van der Waals surface area contributed by atoms with Gasteiger partial charge in [-0.1, -0.05) is 36.4 Å². The molecule has 0 bridgehead atoms. The predicted molar refractivity (Wildman–Crippen MR) is 87.9 cm³/mol. The fourth-order valence-corrected chi connectivity index (χ4v) is 2.81. The SMILES string of the molecule is COC(=O)CC(NC(=O)COCc1ccccc1)c1cccs1. The molecule has 1 amide bonds. The molecule has 0 spiro atoms. The van der Waals surface area contributed by atoms with Crippen LogP contribution in [0.4, 0.5) is 0 Å². The second kappa shape index (κ2) is 9.07. The van der Waals surface area contributed by atoms with E-state index in [1.54, 1.807) is 0 Å². The van der Waals surface area contributed by atoms with Crippen molar-refractivity contribution >= 4 is 23.2 Å². The van der Waals surface area contributed by atoms with Crippen molar-refractivity contribution in [3.05, 3.63) is 58.3 Å². The minimum absolute atomic E-state index is 0.0576. The average molecular weight is 333 g/mol. The van der Waals surface area contributed by atoms with E-state index in [-0.39, 0.29) is 24.9 Å². The van der Waals surface area contributed by atoms with E-state index >= 15 is 0 Å². The summed E-state index contributed by atoms with van der Waals surface area (Å²) in [6.45, 7) is 0.312. The van der Waals surface area contributed by atoms with Gasteiger partial charge in [-0.2, -0.15) is 0 Å². The molecule has 1 atom stereocenters. The van der Waals surface area contributed by atoms with Gasteiger partial charge in [-0.05, 0) is 17.0 Å². The number of amides is 1. The number of methoxy groups -OCH3 is 1. The standard InChI is InChI=1S/C17H19NO4S/c1-21-17(20)10-14(15-8-5-9-23-15)18-16(19)12-22-11-13-6-3-2-4-7-13/h2-9,14H,10-12H2,1H3,(H,18,19). The van der Waals surface area contributed by atoms with Crippen LogP contribution < -0.4 is 5.32 Å². The van der Waals surface area contributed by atoms with Crippen molar-refractivity contribution in [3.63, 3.8) is 0 Å². The van der Waals surface area contributed by atoms with Crippen LogP contribution >= 0.6 is 11.3 Å². The molecule has 5 nitrogen and oxygen atoms in total. The van der Waals surface area contributed by atoms with E-state index in [0.29, 0.717) is 6.61 Å². The molecule has 0 saturated carbocycles. The number of benzene rings is 1. The molecule has 1 aromatic heterocycles. The molecule has 0 aliphatic heterocycles. The third-order valence-electron chi connectivity index (χ3n) is 3.17. The van der Waals surface area contributed by atoms with Crippen LogP contribution in [0.15, 0.2) is 47.8 Å². The van der Waals surface area contributed by atoms with Gasteiger partial charge in [-0.15, -0.1) is 11.3 Å². The first-order chi connectivity index (χ1) is 11.2. The van der Waals surface area contributed by atoms with Gasteiger partial charge >= 0.3 is 5.97 Å². The van der Waals surface area contributed by atoms with Crippen molar-refractivity contribution < 1.29 is 19.1 Å². The lowest BCUT2D eigenvalue weighted by atomic mass is 10.1. The first-order valence-electron chi connectivity index (χ1n) is 7.20. The number of esters is 1. The van der Waals surface area contributed by atoms with Gasteiger partial charge in [-0.25, -0.2) is 0 Å². The van der Waals surface area contributed by atoms with Gasteiger partial charge in [0.15, 0.2) is 0 Å². The molecule has 0 radical (unpaired) electrons. The summed E-state index contributed by atoms with van der Waals surface area (Å²) in [7, 11) is 1.33. The van der Waals surface area contributed by atoms with Crippen LogP contribution in [0.5, 0.6) is 0 Å². The van der Waals surface area contributed by atoms with E-state index in [9.17, 15) is 9.59 Å². The summed E-state index contributed by atoms with van der Waals surface area (Å²) in [5.41, 5.74) is 1.00. The molecule has 0 fully saturated rings. The first kappa shape index (κ1) is 17.2. The van der Waals surface area contributed by atoms with E-state index in [1.807, 2.05) is 47.8 Å². The summed E-state index contributed by atoms with van der Waals surface area (Å²) in [6.07, 6.45) is 0.0986. The van der Waals surface area contributed by atoms with Gasteiger partial charge in [0, 0.05) is 4.88 Å². The lowest BCUT2D eigenvalue weighted by Gasteiger charge is -2.16. The third kappa shape index (κ3) is 5.84. The van der Waals surface area contributed by atoms with Gasteiger partial charge in [-0.3, -0.25) is 9.59 Å². The van der Waals surface area contributed by atoms with Crippen LogP contribution in [0.3, 0.4) is 0 Å². The Kier molecular flexibility index (Phi) is 6.77. The van der Waals surface area contributed by atoms with Crippen molar-refractivity contribution in [1.29, 1.82) is 0 Å². The Morgan fingerprint density at radius 2 is 1.96 bits per heavy atom. The average Bonchev–Trinajstić information content (AvgIpc) is 3.09. The molecule has 0 aliphatic carbocycles. The molecule has 122 valence electrons. The largest absolute Gasteiger partial charge is 0.469 e. The maximum atomic E-state index is 12.0. The Morgan fingerprint density at radius 1 is 1.17 bits per heavy atom. The highest BCUT2D eigenvalue weighted by Gasteiger charge is 2.19. The zero-order valence-electron chi connectivity index (χ0n) is 12.9. The monoisotopic (exact) mass is 333 g/mol. The number of rotatable bonds is 8. The Balaban J connectivity index is 1.83. The molecular weight excluding hydrogens is 314 g/mol. The van der Waals surface area contributed by atoms with E-state index < -0.39 is 6.04 Å². The molecule has 1 heterocycles. The van der Waals surface area contributed by atoms with Gasteiger partial charge < -0.3 is 14.8 Å². The molecule has 6 heteroatoms. The van der Waals surface area contributed by atoms with Crippen LogP contribution in [-0.2, 0) is 25.7 Å². The molecule has 0 saturated heterocycles. The summed E-state index contributed by atoms with van der Waals surface area (Å²) in [6, 6.07) is 13.0. The van der Waals surface area contributed by atoms with Crippen LogP contribution in [0.2, 0.25) is 0 Å². The maximum Gasteiger partial charge on any atom is 0.307 e. The first-order valence-corrected chi connectivity index (χ1v) is 8.08. The third-order valence-corrected chi connectivity index (χ3v) is 4.15. The molecule has 23 heavy (non-hydrogen) atoms. The number of thiophene rings is 1. The minimum atomic E-state index is -0.393. The topological polar surface area (TPSA) is 64.6 Å². The molecule has 1 aromatic carbocycles. The van der Waals surface area contributed by atoms with Gasteiger partial charge in [0.2, 0.25) is 5.91 Å². The fraction of sp³-hybridized carbons (Fsp3) is 0.294. The van der Waals surface area contributed by atoms with E-state index in [0.717, 1.165) is 10.4 Å². The Hall–Kier alpha value is -2.18. The summed E-state index contributed by atoms with van der Waals surface area (Å²) < 4.78 is 10.1. The summed E-state index contributed by atoms with van der Waals surface area (Å²) >= 11 is 1.48. The Bertz CT molecular complexity index is 613. The van der Waals surface area contributed by atoms with E-state index in [4.69, 9.17) is 4.74 Å². The number of carbonyl (C=O) groups excluding carboxylic acids is 2. The maximum absolute atomic E-state index is 12.0. The molecule has 1 unspecified atom stereocenters. The van der Waals surface area contributed by atoms with Gasteiger partial charge in [0.25, 0.3) is 0 Å². The summed E-state index contributed by atoms with van der Waals surface area (Å²) in [5, 5.41) is 4.72. The molecule has 2 aromatic rings. The highest BCUT2D eigenvalue weighted by atomic mass is 32.1. The van der Waals surface area contributed by atoms with Crippen molar-refractivity contribution in [2.75, 3.05) is 13.7 Å². The molecular formula is C17H19NO4S. The molecule has 2 rings (SSSR count). The summed E-state index contributed by atoms with van der Waals surface area (Å²) in [4.78, 5) is 24.4. The number of ether oxygens (including phenoxy) is 2. The highest BCUT2D eigenvalue weighted by molar-refractivity contribution is 7.10. The normalized spacial score (nSPS) is 11.7. The fourth-order valence-electron chi connectivity index (χ4n) is 2.03. The van der Waals surface area contributed by atoms with Crippen LogP contribution in [0.1, 0.15) is 22.9 Å². The van der Waals surface area contributed by atoms with Crippen molar-refractivity contribution in [2.45, 2.75) is 19.1 Å². The van der Waals surface area contributed by atoms with Gasteiger partial charge in [0.1, 0.15) is 6.61 Å². The number of hydrogen-bond acceptors (Lipinski definition) is 5. The molecule has 0 aliphatic rings. The van der Waals surface area contributed by atoms with Crippen molar-refractivity contribution in [1.82, 2.24) is 5.32 Å². The van der Waals surface area contributed by atoms with Crippen LogP contribution in [0.25, 0.3) is 0 Å². The number of nitrogens with one attached hydrogen (secondary N) is 1. The van der Waals surface area contributed by atoms with Crippen molar-refractivity contribution in [2.24, 2.45) is 0 Å². The van der Waals surface area contributed by atoms with Crippen molar-refractivity contribution in [3.8, 4) is 0 Å². The van der Waals surface area contributed by atoms with E-state index in [1.165, 1.54) is 18.4 Å². The Labute approximate surface area is 139 Å². The Morgan fingerprint density at radius 3 is 2.61 bits per heavy atom. The minimum Gasteiger partial charge on any atom is -0.469 e. The van der Waals surface area contributed by atoms with Gasteiger partial charge in [0.05, 0.1) is 26.2 Å². The van der Waals surface area contributed by atoms with Crippen LogP contribution in [0, 0.1) is 0 Å². The second-order valence-electron chi connectivity index (χ2n) is 4.89. The quantitative estimate of drug-likeness (QED) is 0.754. The second-order valence-corrected chi connectivity index (χ2v) is 5.87. The molecule has 1 N–H and O–H groups in total. The predicted octanol–water partition coefficient (Wildman–Crippen LogP) is 2.69. The zero-order valence-corrected chi connectivity index (χ0v) is 13.7. The van der Waals surface area contributed by atoms with E-state index in [2.05, 4.69) is 10.1 Å². The highest BCUT2D eigenvalue weighted by Crippen LogP contribution is 2.22. The lowest BCUT2D eigenvalue weighted by Crippen LogP contribution is -2.32. The number of hydrogen-bond donors (Lipinski definition) is 1. The summed E-state index contributed by atoms with van der Waals surface area (Å²) in [5.74, 6) is -0.628. The number of carbonyl (C=O) groups is 2. The van der Waals surface area contributed by atoms with Crippen LogP contribution in [-0.4, -0.2) is 25.6 Å².